The van der Waals surface area contributed by atoms with Crippen molar-refractivity contribution in [2.75, 3.05) is 0 Å². The highest BCUT2D eigenvalue weighted by Crippen LogP contribution is 2.30. The second kappa shape index (κ2) is 3.55. The molecule has 2 heteroatoms. The molecule has 2 N–H and O–H groups in total. The molecule has 1 aliphatic carbocycles. The quantitative estimate of drug-likeness (QED) is 0.601. The molecule has 0 radical (unpaired) electrons. The van der Waals surface area contributed by atoms with Gasteiger partial charge in [0.2, 0.25) is 0 Å². The van der Waals surface area contributed by atoms with Gasteiger partial charge >= 0.3 is 0 Å². The normalized spacial score (nSPS) is 39.5. The van der Waals surface area contributed by atoms with E-state index in [-0.39, 0.29) is 0 Å². The lowest BCUT2D eigenvalue weighted by atomic mass is 9.78. The van der Waals surface area contributed by atoms with Crippen molar-refractivity contribution in [3.05, 3.63) is 0 Å². The minimum Gasteiger partial charge on any atom is -0.390 e. The molecular weight excluding hydrogens is 140 g/mol. The topological polar surface area (TPSA) is 40.5 Å². The van der Waals surface area contributed by atoms with Crippen LogP contribution in [0, 0.1) is 11.8 Å². The largest absolute Gasteiger partial charge is 0.390 e. The molecule has 0 aliphatic heterocycles. The van der Waals surface area contributed by atoms with Crippen molar-refractivity contribution < 1.29 is 10.2 Å². The first-order chi connectivity index (χ1) is 5.13. The Labute approximate surface area is 68.2 Å². The number of aliphatic hydroxyl groups is 2. The summed E-state index contributed by atoms with van der Waals surface area (Å²) in [5.41, 5.74) is 0. The number of hydrogen-bond donors (Lipinski definition) is 2. The fourth-order valence-corrected chi connectivity index (χ4v) is 1.92. The molecular formula is C9H18O2. The fraction of sp³-hybridized carbons (Fsp3) is 1.00. The van der Waals surface area contributed by atoms with Gasteiger partial charge in [-0.15, -0.1) is 0 Å². The molecule has 66 valence electrons. The van der Waals surface area contributed by atoms with E-state index in [9.17, 15) is 10.2 Å². The van der Waals surface area contributed by atoms with Crippen LogP contribution in [-0.2, 0) is 0 Å². The first-order valence-electron chi connectivity index (χ1n) is 4.49. The Balaban J connectivity index is 2.51. The maximum Gasteiger partial charge on any atom is 0.0829 e. The second-order valence-electron chi connectivity index (χ2n) is 3.90. The molecule has 1 aliphatic rings. The van der Waals surface area contributed by atoms with E-state index in [0.29, 0.717) is 11.8 Å². The molecule has 0 heterocycles. The van der Waals surface area contributed by atoms with Crippen LogP contribution in [0.1, 0.15) is 33.1 Å². The van der Waals surface area contributed by atoms with Crippen LogP contribution in [0.15, 0.2) is 0 Å². The standard InChI is InChI=1S/C9H18O2/c1-6(2)7-4-3-5-8(10)9(7)11/h6-11H,3-5H2,1-2H3/t7-,8-,9-/m1/s1. The van der Waals surface area contributed by atoms with Crippen molar-refractivity contribution in [3.63, 3.8) is 0 Å². The average Bonchev–Trinajstić information content (AvgIpc) is 1.94. The van der Waals surface area contributed by atoms with Crippen LogP contribution in [0.5, 0.6) is 0 Å². The summed E-state index contributed by atoms with van der Waals surface area (Å²) in [6, 6.07) is 0. The lowest BCUT2D eigenvalue weighted by molar-refractivity contribution is -0.0573. The number of aliphatic hydroxyl groups excluding tert-OH is 2. The first kappa shape index (κ1) is 9.01. The van der Waals surface area contributed by atoms with Crippen molar-refractivity contribution in [2.24, 2.45) is 11.8 Å². The third-order valence-electron chi connectivity index (χ3n) is 2.73. The van der Waals surface area contributed by atoms with Gasteiger partial charge in [0.15, 0.2) is 0 Å². The lowest BCUT2D eigenvalue weighted by Gasteiger charge is -2.34. The van der Waals surface area contributed by atoms with Gasteiger partial charge in [0.25, 0.3) is 0 Å². The highest BCUT2D eigenvalue weighted by atomic mass is 16.3. The Morgan fingerprint density at radius 1 is 1.18 bits per heavy atom. The minimum atomic E-state index is -0.483. The summed E-state index contributed by atoms with van der Waals surface area (Å²) in [5, 5.41) is 18.9. The van der Waals surface area contributed by atoms with Crippen molar-refractivity contribution in [1.29, 1.82) is 0 Å². The third-order valence-corrected chi connectivity index (χ3v) is 2.73. The Bertz CT molecular complexity index is 123. The van der Waals surface area contributed by atoms with E-state index in [1.807, 2.05) is 0 Å². The van der Waals surface area contributed by atoms with Crippen molar-refractivity contribution in [1.82, 2.24) is 0 Å². The predicted molar refractivity (Wildman–Crippen MR) is 44.2 cm³/mol. The summed E-state index contributed by atoms with van der Waals surface area (Å²) in [6.07, 6.45) is 1.93. The van der Waals surface area contributed by atoms with E-state index in [0.717, 1.165) is 19.3 Å². The van der Waals surface area contributed by atoms with Crippen molar-refractivity contribution in [2.45, 2.75) is 45.3 Å². The van der Waals surface area contributed by atoms with Crippen molar-refractivity contribution in [3.8, 4) is 0 Å². The summed E-state index contributed by atoms with van der Waals surface area (Å²) in [7, 11) is 0. The zero-order valence-electron chi connectivity index (χ0n) is 7.33. The Hall–Kier alpha value is -0.0800. The van der Waals surface area contributed by atoms with Crippen molar-refractivity contribution >= 4 is 0 Å². The summed E-state index contributed by atoms with van der Waals surface area (Å²) >= 11 is 0. The van der Waals surface area contributed by atoms with E-state index in [1.54, 1.807) is 0 Å². The fourth-order valence-electron chi connectivity index (χ4n) is 1.92. The maximum atomic E-state index is 9.56. The van der Waals surface area contributed by atoms with Crippen LogP contribution >= 0.6 is 0 Å². The van der Waals surface area contributed by atoms with Gasteiger partial charge in [0, 0.05) is 0 Å². The molecule has 0 amide bonds. The third kappa shape index (κ3) is 1.94. The predicted octanol–water partition coefficient (Wildman–Crippen LogP) is 1.16. The number of rotatable bonds is 1. The van der Waals surface area contributed by atoms with Crippen LogP contribution in [-0.4, -0.2) is 22.4 Å². The van der Waals surface area contributed by atoms with Gasteiger partial charge in [-0.2, -0.15) is 0 Å². The van der Waals surface area contributed by atoms with E-state index >= 15 is 0 Å². The van der Waals surface area contributed by atoms with Gasteiger partial charge in [-0.05, 0) is 24.7 Å². The van der Waals surface area contributed by atoms with Crippen LogP contribution in [0.25, 0.3) is 0 Å². The zero-order valence-corrected chi connectivity index (χ0v) is 7.33. The SMILES string of the molecule is CC(C)[C@H]1CCC[C@@H](O)[C@@H]1O. The highest BCUT2D eigenvalue weighted by molar-refractivity contribution is 4.82. The molecule has 2 nitrogen and oxygen atoms in total. The van der Waals surface area contributed by atoms with E-state index in [1.165, 1.54) is 0 Å². The second-order valence-corrected chi connectivity index (χ2v) is 3.90. The van der Waals surface area contributed by atoms with E-state index in [2.05, 4.69) is 13.8 Å². The van der Waals surface area contributed by atoms with Gasteiger partial charge in [-0.3, -0.25) is 0 Å². The zero-order chi connectivity index (χ0) is 8.43. The maximum absolute atomic E-state index is 9.56. The molecule has 0 aromatic heterocycles. The monoisotopic (exact) mass is 158 g/mol. The first-order valence-corrected chi connectivity index (χ1v) is 4.49. The molecule has 1 fully saturated rings. The highest BCUT2D eigenvalue weighted by Gasteiger charge is 2.31. The van der Waals surface area contributed by atoms with E-state index < -0.39 is 12.2 Å². The summed E-state index contributed by atoms with van der Waals surface area (Å²) in [5.74, 6) is 0.790. The number of hydrogen-bond acceptors (Lipinski definition) is 2. The van der Waals surface area contributed by atoms with E-state index in [4.69, 9.17) is 0 Å². The molecule has 11 heavy (non-hydrogen) atoms. The van der Waals surface area contributed by atoms with Gasteiger partial charge in [0.05, 0.1) is 12.2 Å². The average molecular weight is 158 g/mol. The summed E-state index contributed by atoms with van der Waals surface area (Å²) in [4.78, 5) is 0. The van der Waals surface area contributed by atoms with Crippen LogP contribution in [0.4, 0.5) is 0 Å². The smallest absolute Gasteiger partial charge is 0.0829 e. The summed E-state index contributed by atoms with van der Waals surface area (Å²) in [6.45, 7) is 4.21. The van der Waals surface area contributed by atoms with Gasteiger partial charge < -0.3 is 10.2 Å². The minimum absolute atomic E-state index is 0.304. The molecule has 0 bridgehead atoms. The molecule has 3 atom stereocenters. The molecule has 0 saturated heterocycles. The van der Waals surface area contributed by atoms with Crippen LogP contribution in [0.3, 0.4) is 0 Å². The summed E-state index contributed by atoms with van der Waals surface area (Å²) < 4.78 is 0. The molecule has 0 unspecified atom stereocenters. The molecule has 0 spiro atoms. The molecule has 0 aromatic rings. The van der Waals surface area contributed by atoms with Gasteiger partial charge in [0.1, 0.15) is 0 Å². The van der Waals surface area contributed by atoms with Crippen LogP contribution in [0.2, 0.25) is 0 Å². The Kier molecular flexibility index (Phi) is 2.90. The molecule has 1 rings (SSSR count). The molecule has 1 saturated carbocycles. The Morgan fingerprint density at radius 3 is 2.27 bits per heavy atom. The molecule has 0 aromatic carbocycles. The Morgan fingerprint density at radius 2 is 1.82 bits per heavy atom. The lowest BCUT2D eigenvalue weighted by Crippen LogP contribution is -2.39. The van der Waals surface area contributed by atoms with Gasteiger partial charge in [-0.25, -0.2) is 0 Å². The van der Waals surface area contributed by atoms with Crippen LogP contribution < -0.4 is 0 Å². The van der Waals surface area contributed by atoms with Gasteiger partial charge in [-0.1, -0.05) is 20.3 Å².